The van der Waals surface area contributed by atoms with Crippen LogP contribution in [-0.2, 0) is 6.18 Å². The molecule has 3 amide bonds. The van der Waals surface area contributed by atoms with Crippen molar-refractivity contribution in [2.45, 2.75) is 6.18 Å². The van der Waals surface area contributed by atoms with Crippen molar-refractivity contribution in [3.05, 3.63) is 58.1 Å². The fourth-order valence-corrected chi connectivity index (χ4v) is 2.22. The molecule has 0 fully saturated rings. The molecule has 6 nitrogen and oxygen atoms in total. The number of hydrogen-bond acceptors (Lipinski definition) is 3. The van der Waals surface area contributed by atoms with E-state index in [-0.39, 0.29) is 11.3 Å². The Labute approximate surface area is 148 Å². The Morgan fingerprint density at radius 2 is 1.72 bits per heavy atom. The molecule has 25 heavy (non-hydrogen) atoms. The maximum absolute atomic E-state index is 12.8. The number of carbonyl (C=O) groups is 2. The van der Waals surface area contributed by atoms with Gasteiger partial charge in [0.25, 0.3) is 5.91 Å². The number of nitrogens with one attached hydrogen (secondary N) is 3. The molecule has 2 rings (SSSR count). The van der Waals surface area contributed by atoms with Gasteiger partial charge in [-0.25, -0.2) is 10.2 Å². The Morgan fingerprint density at radius 3 is 2.40 bits per heavy atom. The van der Waals surface area contributed by atoms with Gasteiger partial charge in [0.2, 0.25) is 0 Å². The van der Waals surface area contributed by atoms with Crippen molar-refractivity contribution in [3.63, 3.8) is 0 Å². The lowest BCUT2D eigenvalue weighted by Crippen LogP contribution is -2.44. The van der Waals surface area contributed by atoms with Crippen molar-refractivity contribution < 1.29 is 27.9 Å². The number of hydrazine groups is 1. The third-order valence-corrected chi connectivity index (χ3v) is 3.47. The summed E-state index contributed by atoms with van der Waals surface area (Å²) in [6.07, 6.45) is -4.64. The van der Waals surface area contributed by atoms with E-state index < -0.39 is 29.4 Å². The van der Waals surface area contributed by atoms with E-state index in [2.05, 4.69) is 15.9 Å². The number of halogens is 4. The van der Waals surface area contributed by atoms with Crippen LogP contribution in [-0.4, -0.2) is 17.0 Å². The average Bonchev–Trinajstić information content (AvgIpc) is 2.54. The number of alkyl halides is 3. The summed E-state index contributed by atoms with van der Waals surface area (Å²) in [6.45, 7) is 0. The lowest BCUT2D eigenvalue weighted by Gasteiger charge is -2.14. The molecule has 132 valence electrons. The Hall–Kier alpha value is -2.75. The van der Waals surface area contributed by atoms with Gasteiger partial charge in [-0.05, 0) is 30.3 Å². The van der Waals surface area contributed by atoms with Gasteiger partial charge in [-0.3, -0.25) is 10.2 Å². The summed E-state index contributed by atoms with van der Waals surface area (Å²) in [7, 11) is 0. The summed E-state index contributed by atoms with van der Waals surface area (Å²) in [5.41, 5.74) is 2.27. The highest BCUT2D eigenvalue weighted by molar-refractivity contribution is 9.10. The van der Waals surface area contributed by atoms with Gasteiger partial charge < -0.3 is 10.4 Å². The summed E-state index contributed by atoms with van der Waals surface area (Å²) in [5.74, 6) is -1.18. The van der Waals surface area contributed by atoms with Gasteiger partial charge in [-0.1, -0.05) is 28.1 Å². The van der Waals surface area contributed by atoms with E-state index in [1.165, 1.54) is 30.3 Å². The number of amides is 3. The first-order valence-corrected chi connectivity index (χ1v) is 7.50. The fraction of sp³-hybridized carbons (Fsp3) is 0.0667. The quantitative estimate of drug-likeness (QED) is 0.562. The molecule has 2 aromatic carbocycles. The van der Waals surface area contributed by atoms with Crippen molar-refractivity contribution >= 4 is 33.6 Å². The Balaban J connectivity index is 2.02. The molecule has 0 saturated carbocycles. The Kier molecular flexibility index (Phi) is 5.52. The minimum absolute atomic E-state index is 0.134. The molecule has 0 aliphatic heterocycles. The van der Waals surface area contributed by atoms with Crippen molar-refractivity contribution in [2.24, 2.45) is 0 Å². The lowest BCUT2D eigenvalue weighted by molar-refractivity contribution is -0.136. The molecule has 0 aromatic heterocycles. The Morgan fingerprint density at radius 1 is 1.04 bits per heavy atom. The molecular weight excluding hydrogens is 407 g/mol. The monoisotopic (exact) mass is 417 g/mol. The minimum atomic E-state index is -4.64. The Bertz CT molecular complexity index is 812. The summed E-state index contributed by atoms with van der Waals surface area (Å²) in [6, 6.07) is 7.38. The summed E-state index contributed by atoms with van der Waals surface area (Å²) in [4.78, 5) is 23.6. The average molecular weight is 418 g/mol. The molecule has 2 aromatic rings. The number of aromatic hydroxyl groups is 1. The predicted octanol–water partition coefficient (Wildman–Crippen LogP) is 3.64. The topological polar surface area (TPSA) is 90.5 Å². The number of benzene rings is 2. The van der Waals surface area contributed by atoms with Gasteiger partial charge >= 0.3 is 12.2 Å². The van der Waals surface area contributed by atoms with E-state index in [0.29, 0.717) is 4.47 Å². The maximum atomic E-state index is 12.8. The SMILES string of the molecule is O=C(NNC(=O)c1cc(Br)ccc1O)Nc1ccccc1C(F)(F)F. The highest BCUT2D eigenvalue weighted by Gasteiger charge is 2.33. The lowest BCUT2D eigenvalue weighted by atomic mass is 10.1. The van der Waals surface area contributed by atoms with Gasteiger partial charge in [0, 0.05) is 4.47 Å². The second-order valence-electron chi connectivity index (χ2n) is 4.74. The summed E-state index contributed by atoms with van der Waals surface area (Å²) < 4.78 is 39.0. The second-order valence-corrected chi connectivity index (χ2v) is 5.65. The first kappa shape index (κ1) is 18.6. The molecule has 0 aliphatic carbocycles. The zero-order valence-corrected chi connectivity index (χ0v) is 13.9. The number of hydrogen-bond donors (Lipinski definition) is 4. The van der Waals surface area contributed by atoms with Crippen LogP contribution < -0.4 is 16.2 Å². The number of urea groups is 1. The summed E-state index contributed by atoms with van der Waals surface area (Å²) in [5, 5.41) is 11.6. The van der Waals surface area contributed by atoms with Crippen molar-refractivity contribution in [1.82, 2.24) is 10.9 Å². The van der Waals surface area contributed by atoms with Crippen molar-refractivity contribution in [1.29, 1.82) is 0 Å². The first-order chi connectivity index (χ1) is 11.7. The van der Waals surface area contributed by atoms with Crippen LogP contribution in [0.1, 0.15) is 15.9 Å². The van der Waals surface area contributed by atoms with Crippen molar-refractivity contribution in [2.75, 3.05) is 5.32 Å². The zero-order valence-electron chi connectivity index (χ0n) is 12.3. The number of para-hydroxylation sites is 1. The molecule has 10 heteroatoms. The van der Waals surface area contributed by atoms with E-state index in [0.717, 1.165) is 12.1 Å². The van der Waals surface area contributed by atoms with E-state index >= 15 is 0 Å². The van der Waals surface area contributed by atoms with Crippen LogP contribution in [0.5, 0.6) is 5.75 Å². The smallest absolute Gasteiger partial charge is 0.418 e. The molecular formula is C15H11BrF3N3O3. The fourth-order valence-electron chi connectivity index (χ4n) is 1.86. The largest absolute Gasteiger partial charge is 0.507 e. The third-order valence-electron chi connectivity index (χ3n) is 2.97. The second kappa shape index (κ2) is 7.43. The van der Waals surface area contributed by atoms with Crippen LogP contribution in [0.15, 0.2) is 46.9 Å². The third kappa shape index (κ3) is 4.86. The van der Waals surface area contributed by atoms with Crippen LogP contribution in [0.25, 0.3) is 0 Å². The maximum Gasteiger partial charge on any atom is 0.418 e. The number of rotatable bonds is 2. The highest BCUT2D eigenvalue weighted by atomic mass is 79.9. The van der Waals surface area contributed by atoms with Crippen LogP contribution in [0.3, 0.4) is 0 Å². The number of phenols is 1. The van der Waals surface area contributed by atoms with Crippen molar-refractivity contribution in [3.8, 4) is 5.75 Å². The molecule has 0 aliphatic rings. The summed E-state index contributed by atoms with van der Waals surface area (Å²) >= 11 is 3.12. The van der Waals surface area contributed by atoms with E-state index in [9.17, 15) is 27.9 Å². The van der Waals surface area contributed by atoms with Crippen LogP contribution in [0.4, 0.5) is 23.7 Å². The van der Waals surface area contributed by atoms with Gasteiger partial charge in [0.1, 0.15) is 5.75 Å². The van der Waals surface area contributed by atoms with Gasteiger partial charge in [-0.15, -0.1) is 0 Å². The molecule has 0 heterocycles. The number of anilines is 1. The number of carbonyl (C=O) groups excluding carboxylic acids is 2. The van der Waals surface area contributed by atoms with Crippen LogP contribution in [0, 0.1) is 0 Å². The molecule has 0 unspecified atom stereocenters. The van der Waals surface area contributed by atoms with Crippen LogP contribution in [0.2, 0.25) is 0 Å². The van der Waals surface area contributed by atoms with E-state index in [1.807, 2.05) is 16.2 Å². The molecule has 0 saturated heterocycles. The molecule has 4 N–H and O–H groups in total. The standard InChI is InChI=1S/C15H11BrF3N3O3/c16-8-5-6-12(23)9(7-8)13(24)21-22-14(25)20-11-4-2-1-3-10(11)15(17,18)19/h1-7,23H,(H,21,24)(H2,20,22,25). The predicted molar refractivity (Wildman–Crippen MR) is 86.9 cm³/mol. The molecule has 0 atom stereocenters. The van der Waals surface area contributed by atoms with Gasteiger partial charge in [0.05, 0.1) is 16.8 Å². The van der Waals surface area contributed by atoms with E-state index in [4.69, 9.17) is 0 Å². The van der Waals surface area contributed by atoms with Gasteiger partial charge in [-0.2, -0.15) is 13.2 Å². The minimum Gasteiger partial charge on any atom is -0.507 e. The van der Waals surface area contributed by atoms with E-state index in [1.54, 1.807) is 0 Å². The number of phenolic OH excluding ortho intramolecular Hbond substituents is 1. The first-order valence-electron chi connectivity index (χ1n) is 6.70. The highest BCUT2D eigenvalue weighted by Crippen LogP contribution is 2.34. The zero-order chi connectivity index (χ0) is 18.6. The van der Waals surface area contributed by atoms with Crippen LogP contribution >= 0.6 is 15.9 Å². The molecule has 0 radical (unpaired) electrons. The van der Waals surface area contributed by atoms with Gasteiger partial charge in [0.15, 0.2) is 0 Å². The normalized spacial score (nSPS) is 10.9. The molecule has 0 bridgehead atoms. The molecule has 0 spiro atoms.